The van der Waals surface area contributed by atoms with Crippen LogP contribution in [0.5, 0.6) is 11.5 Å². The molecule has 0 aliphatic carbocycles. The zero-order valence-corrected chi connectivity index (χ0v) is 26.7. The predicted molar refractivity (Wildman–Crippen MR) is 174 cm³/mol. The Morgan fingerprint density at radius 1 is 1.02 bits per heavy atom. The number of aliphatic hydroxyl groups is 1. The number of benzene rings is 3. The van der Waals surface area contributed by atoms with Crippen molar-refractivity contribution >= 4 is 22.8 Å². The lowest BCUT2D eigenvalue weighted by molar-refractivity contribution is -0.140. The summed E-state index contributed by atoms with van der Waals surface area (Å²) in [6, 6.07) is 11.9. The maximum Gasteiger partial charge on any atom is 0.305 e. The topological polar surface area (TPSA) is 143 Å². The van der Waals surface area contributed by atoms with Gasteiger partial charge < -0.3 is 30.3 Å². The van der Waals surface area contributed by atoms with Crippen LogP contribution in [0.4, 0.5) is 13.2 Å². The summed E-state index contributed by atoms with van der Waals surface area (Å²) >= 11 is 0. The Kier molecular flexibility index (Phi) is 10.5. The summed E-state index contributed by atoms with van der Waals surface area (Å²) in [6.07, 6.45) is 4.88. The number of ether oxygens (including phenoxy) is 2. The molecule has 0 radical (unpaired) electrons. The van der Waals surface area contributed by atoms with Crippen LogP contribution < -0.4 is 10.5 Å². The number of primary amides is 1. The monoisotopic (exact) mass is 662 g/mol. The van der Waals surface area contributed by atoms with E-state index in [0.717, 1.165) is 0 Å². The highest BCUT2D eigenvalue weighted by atomic mass is 19.1. The molecular formula is C36H37F3N4O5. The molecule has 0 saturated carbocycles. The van der Waals surface area contributed by atoms with Gasteiger partial charge in [-0.05, 0) is 74.4 Å². The van der Waals surface area contributed by atoms with Crippen LogP contribution in [0, 0.1) is 17.5 Å². The van der Waals surface area contributed by atoms with Crippen molar-refractivity contribution in [1.29, 1.82) is 0 Å². The van der Waals surface area contributed by atoms with Gasteiger partial charge in [-0.1, -0.05) is 18.2 Å². The Bertz CT molecular complexity index is 1940. The highest BCUT2D eigenvalue weighted by Crippen LogP contribution is 2.40. The quantitative estimate of drug-likeness (QED) is 0.0721. The van der Waals surface area contributed by atoms with Gasteiger partial charge in [0.2, 0.25) is 5.91 Å². The number of aromatic nitrogens is 3. The zero-order chi connectivity index (χ0) is 34.4. The number of carbonyl (C=O) groups is 2. The number of nitrogens with two attached hydrogens (primary N) is 1. The molecule has 1 amide bonds. The summed E-state index contributed by atoms with van der Waals surface area (Å²) < 4.78 is 57.4. The Balaban J connectivity index is 1.50. The Morgan fingerprint density at radius 2 is 1.83 bits per heavy atom. The second-order valence-corrected chi connectivity index (χ2v) is 11.8. The number of unbranched alkanes of at least 4 members (excludes halogenated alkanes) is 1. The fourth-order valence-electron chi connectivity index (χ4n) is 5.98. The summed E-state index contributed by atoms with van der Waals surface area (Å²) in [5.74, 6) is -2.64. The number of amides is 1. The third-order valence-corrected chi connectivity index (χ3v) is 8.65. The van der Waals surface area contributed by atoms with Crippen molar-refractivity contribution in [2.45, 2.75) is 57.3 Å². The zero-order valence-electron chi connectivity index (χ0n) is 26.7. The van der Waals surface area contributed by atoms with Crippen LogP contribution in [0.1, 0.15) is 61.4 Å². The third-order valence-electron chi connectivity index (χ3n) is 8.65. The van der Waals surface area contributed by atoms with E-state index in [1.807, 2.05) is 6.92 Å². The molecule has 2 heterocycles. The number of halogens is 3. The van der Waals surface area contributed by atoms with Crippen molar-refractivity contribution in [3.63, 3.8) is 0 Å². The standard InChI is InChI=1S/C36H37F3N4O5/c1-36(15-3-4-17-44,26-7-5-6-21(33(26)39)8-13-32(46)47-2)30-20-42-35(43-30)25-18-22(9-11-27(25)37)48-34-24(10-12-31(40)45)23-14-16-41-29(23)19-28(34)38/h5-7,9,11,14,16,18-20,41,44H,3-4,8,10,12-13,15,17H2,1-2H3,(H2,40,45)(H,42,43). The van der Waals surface area contributed by atoms with E-state index in [4.69, 9.17) is 15.2 Å². The molecule has 12 heteroatoms. The van der Waals surface area contributed by atoms with Crippen LogP contribution >= 0.6 is 0 Å². The minimum Gasteiger partial charge on any atom is -0.469 e. The number of imidazole rings is 1. The number of aromatic amines is 2. The second kappa shape index (κ2) is 14.8. The molecule has 0 saturated heterocycles. The molecule has 0 fully saturated rings. The molecule has 2 aromatic heterocycles. The fourth-order valence-corrected chi connectivity index (χ4v) is 5.98. The van der Waals surface area contributed by atoms with E-state index in [9.17, 15) is 14.7 Å². The summed E-state index contributed by atoms with van der Waals surface area (Å²) in [7, 11) is 1.28. The molecule has 0 bridgehead atoms. The van der Waals surface area contributed by atoms with Crippen molar-refractivity contribution < 1.29 is 37.3 Å². The molecule has 5 rings (SSSR count). The Labute approximate surface area is 275 Å². The molecule has 9 nitrogen and oxygen atoms in total. The van der Waals surface area contributed by atoms with E-state index in [1.54, 1.807) is 30.5 Å². The minimum absolute atomic E-state index is 0.0135. The van der Waals surface area contributed by atoms with Crippen molar-refractivity contribution in [2.24, 2.45) is 5.73 Å². The first kappa shape index (κ1) is 34.2. The number of H-pyrrole nitrogens is 2. The first-order chi connectivity index (χ1) is 23.0. The van der Waals surface area contributed by atoms with E-state index < -0.39 is 34.7 Å². The minimum atomic E-state index is -0.971. The first-order valence-corrected chi connectivity index (χ1v) is 15.6. The number of hydrogen-bond acceptors (Lipinski definition) is 6. The number of nitrogens with one attached hydrogen (secondary N) is 2. The second-order valence-electron chi connectivity index (χ2n) is 11.8. The van der Waals surface area contributed by atoms with Crippen molar-refractivity contribution in [3.8, 4) is 22.9 Å². The molecule has 48 heavy (non-hydrogen) atoms. The number of rotatable bonds is 15. The maximum absolute atomic E-state index is 16.0. The maximum atomic E-state index is 16.0. The average molecular weight is 663 g/mol. The fraction of sp³-hybridized carbons (Fsp3) is 0.306. The number of fused-ring (bicyclic) bond motifs is 1. The number of nitrogens with zero attached hydrogens (tertiary/aromatic N) is 1. The summed E-state index contributed by atoms with van der Waals surface area (Å²) in [4.78, 5) is 33.9. The lowest BCUT2D eigenvalue weighted by Crippen LogP contribution is -2.26. The normalized spacial score (nSPS) is 12.6. The number of esters is 1. The first-order valence-electron chi connectivity index (χ1n) is 15.6. The predicted octanol–water partition coefficient (Wildman–Crippen LogP) is 6.76. The summed E-state index contributed by atoms with van der Waals surface area (Å²) in [6.45, 7) is 1.80. The molecule has 1 unspecified atom stereocenters. The highest BCUT2D eigenvalue weighted by Gasteiger charge is 2.34. The Morgan fingerprint density at radius 3 is 2.58 bits per heavy atom. The summed E-state index contributed by atoms with van der Waals surface area (Å²) in [5, 5.41) is 10.1. The van der Waals surface area contributed by atoms with Crippen LogP contribution in [0.3, 0.4) is 0 Å². The molecule has 1 atom stereocenters. The molecule has 5 N–H and O–H groups in total. The van der Waals surface area contributed by atoms with Crippen LogP contribution in [-0.2, 0) is 32.6 Å². The van der Waals surface area contributed by atoms with E-state index in [0.29, 0.717) is 52.5 Å². The van der Waals surface area contributed by atoms with Gasteiger partial charge in [-0.3, -0.25) is 9.59 Å². The van der Waals surface area contributed by atoms with Crippen molar-refractivity contribution in [2.75, 3.05) is 13.7 Å². The van der Waals surface area contributed by atoms with Crippen LogP contribution in [0.25, 0.3) is 22.3 Å². The Hall–Kier alpha value is -5.10. The smallest absolute Gasteiger partial charge is 0.305 e. The molecule has 0 aliphatic rings. The van der Waals surface area contributed by atoms with Gasteiger partial charge in [0.05, 0.1) is 12.7 Å². The molecule has 5 aromatic rings. The van der Waals surface area contributed by atoms with Gasteiger partial charge in [-0.2, -0.15) is 0 Å². The van der Waals surface area contributed by atoms with Crippen molar-refractivity contribution in [3.05, 3.63) is 101 Å². The van der Waals surface area contributed by atoms with E-state index in [2.05, 4.69) is 15.0 Å². The van der Waals surface area contributed by atoms with Gasteiger partial charge in [-0.15, -0.1) is 0 Å². The third kappa shape index (κ3) is 7.23. The van der Waals surface area contributed by atoms with Gasteiger partial charge in [0.25, 0.3) is 0 Å². The van der Waals surface area contributed by atoms with Gasteiger partial charge in [0.1, 0.15) is 23.2 Å². The van der Waals surface area contributed by atoms with Crippen LogP contribution in [0.15, 0.2) is 60.9 Å². The van der Waals surface area contributed by atoms with Gasteiger partial charge in [0.15, 0.2) is 11.6 Å². The molecule has 0 spiro atoms. The summed E-state index contributed by atoms with van der Waals surface area (Å²) in [5.41, 5.74) is 6.60. The van der Waals surface area contributed by atoms with E-state index in [-0.39, 0.29) is 55.2 Å². The number of aryl methyl sites for hydroxylation is 2. The van der Waals surface area contributed by atoms with E-state index in [1.165, 1.54) is 37.6 Å². The number of hydrogen-bond donors (Lipinski definition) is 4. The van der Waals surface area contributed by atoms with E-state index >= 15 is 13.2 Å². The molecule has 3 aromatic carbocycles. The van der Waals surface area contributed by atoms with Gasteiger partial charge in [-0.25, -0.2) is 18.2 Å². The van der Waals surface area contributed by atoms with Crippen LogP contribution in [0.2, 0.25) is 0 Å². The lowest BCUT2D eigenvalue weighted by atomic mass is 9.75. The molecule has 252 valence electrons. The SMILES string of the molecule is COC(=O)CCc1cccc(C(C)(CCCCO)c2cnc(-c3cc(Oc4c(F)cc5[nH]ccc5c4CCC(N)=O)ccc3F)[nH]2)c1F. The number of methoxy groups -OCH3 is 1. The average Bonchev–Trinajstić information content (AvgIpc) is 3.75. The van der Waals surface area contributed by atoms with Crippen molar-refractivity contribution in [1.82, 2.24) is 15.0 Å². The molecular weight excluding hydrogens is 625 g/mol. The number of aliphatic hydroxyl groups excluding tert-OH is 1. The highest BCUT2D eigenvalue weighted by molar-refractivity contribution is 5.86. The largest absolute Gasteiger partial charge is 0.469 e. The van der Waals surface area contributed by atoms with Crippen LogP contribution in [-0.4, -0.2) is 45.7 Å². The number of carbonyl (C=O) groups excluding carboxylic acids is 2. The van der Waals surface area contributed by atoms with Gasteiger partial charge in [0, 0.05) is 65.5 Å². The lowest BCUT2D eigenvalue weighted by Gasteiger charge is -2.30. The molecule has 0 aliphatic heterocycles. The van der Waals surface area contributed by atoms with Gasteiger partial charge >= 0.3 is 5.97 Å².